The predicted octanol–water partition coefficient (Wildman–Crippen LogP) is 2.37. The molecule has 0 bridgehead atoms. The number of benzene rings is 2. The van der Waals surface area contributed by atoms with Crippen molar-refractivity contribution in [2.75, 3.05) is 61.0 Å². The monoisotopic (exact) mass is 478 g/mol. The summed E-state index contributed by atoms with van der Waals surface area (Å²) in [5, 5.41) is 10.2. The van der Waals surface area contributed by atoms with Gasteiger partial charge in [0, 0.05) is 50.7 Å². The number of aliphatic hydroxyl groups excluding tert-OH is 1. The molecule has 0 saturated carbocycles. The molecular formula is C28H38N4O3. The van der Waals surface area contributed by atoms with E-state index in [4.69, 9.17) is 0 Å². The molecule has 1 N–H and O–H groups in total. The number of carbonyl (C=O) groups is 2. The molecule has 2 heterocycles. The average molecular weight is 479 g/mol. The lowest BCUT2D eigenvalue weighted by Crippen LogP contribution is -2.68. The summed E-state index contributed by atoms with van der Waals surface area (Å²) in [6.45, 7) is 3.00. The summed E-state index contributed by atoms with van der Waals surface area (Å²) in [7, 11) is 7.37. The molecule has 2 aliphatic heterocycles. The van der Waals surface area contributed by atoms with Crippen LogP contribution in [-0.4, -0.2) is 110 Å². The van der Waals surface area contributed by atoms with Crippen LogP contribution in [0.5, 0.6) is 0 Å². The van der Waals surface area contributed by atoms with Gasteiger partial charge in [-0.1, -0.05) is 36.4 Å². The van der Waals surface area contributed by atoms with Gasteiger partial charge in [0.05, 0.1) is 13.2 Å². The van der Waals surface area contributed by atoms with E-state index in [-0.39, 0.29) is 36.4 Å². The highest BCUT2D eigenvalue weighted by Crippen LogP contribution is 2.42. The minimum Gasteiger partial charge on any atom is -0.395 e. The number of fused-ring (bicyclic) bond motifs is 1. The van der Waals surface area contributed by atoms with E-state index in [1.807, 2.05) is 48.2 Å². The fourth-order valence-electron chi connectivity index (χ4n) is 5.53. The van der Waals surface area contributed by atoms with Gasteiger partial charge in [-0.25, -0.2) is 0 Å². The van der Waals surface area contributed by atoms with Crippen molar-refractivity contribution in [2.45, 2.75) is 30.8 Å². The van der Waals surface area contributed by atoms with Crippen LogP contribution in [0.4, 0.5) is 0 Å². The zero-order valence-corrected chi connectivity index (χ0v) is 21.4. The third kappa shape index (κ3) is 5.42. The second-order valence-corrected chi connectivity index (χ2v) is 10.3. The Morgan fingerprint density at radius 2 is 1.69 bits per heavy atom. The molecule has 0 aliphatic carbocycles. The molecule has 2 aromatic carbocycles. The standard InChI is InChI=1S/C28H38N4O3/c1-29(2)18-26(34)31-14-5-6-15-32-24(17-31)27(25(32)19-33)21-12-10-20(11-13-21)22-8-7-9-23(16-22)28(35)30(3)4/h7-13,16,24-25,27,33H,5-6,14-15,17-19H2,1-4H3/t24-,25+,27+/m0/s1. The van der Waals surface area contributed by atoms with Gasteiger partial charge in [-0.3, -0.25) is 14.5 Å². The Morgan fingerprint density at radius 1 is 0.971 bits per heavy atom. The molecule has 0 unspecified atom stereocenters. The highest BCUT2D eigenvalue weighted by atomic mass is 16.3. The summed E-state index contributed by atoms with van der Waals surface area (Å²) in [5.41, 5.74) is 3.92. The molecule has 2 fully saturated rings. The van der Waals surface area contributed by atoms with Crippen molar-refractivity contribution in [3.63, 3.8) is 0 Å². The van der Waals surface area contributed by atoms with Gasteiger partial charge >= 0.3 is 0 Å². The number of carbonyl (C=O) groups excluding carboxylic acids is 2. The molecule has 4 rings (SSSR count). The third-order valence-electron chi connectivity index (χ3n) is 7.32. The molecule has 2 aliphatic rings. The van der Waals surface area contributed by atoms with Gasteiger partial charge in [0.25, 0.3) is 5.91 Å². The van der Waals surface area contributed by atoms with Crippen LogP contribution < -0.4 is 0 Å². The number of likely N-dealkylation sites (N-methyl/N-ethyl adjacent to an activating group) is 1. The predicted molar refractivity (Wildman–Crippen MR) is 138 cm³/mol. The van der Waals surface area contributed by atoms with Crippen molar-refractivity contribution >= 4 is 11.8 Å². The van der Waals surface area contributed by atoms with E-state index in [2.05, 4.69) is 29.2 Å². The van der Waals surface area contributed by atoms with Gasteiger partial charge in [0.15, 0.2) is 0 Å². The van der Waals surface area contributed by atoms with E-state index in [9.17, 15) is 14.7 Å². The van der Waals surface area contributed by atoms with E-state index in [0.717, 1.165) is 37.1 Å². The van der Waals surface area contributed by atoms with Crippen LogP contribution in [0.2, 0.25) is 0 Å². The first-order valence-corrected chi connectivity index (χ1v) is 12.5. The number of amides is 2. The second-order valence-electron chi connectivity index (χ2n) is 10.3. The summed E-state index contributed by atoms with van der Waals surface area (Å²) in [5.74, 6) is 0.343. The zero-order chi connectivity index (χ0) is 25.1. The SMILES string of the molecule is CN(C)CC(=O)N1CCCCN2[C@H](CO)[C@H](c3ccc(-c4cccc(C(=O)N(C)C)c4)cc3)[C@@H]2C1. The highest BCUT2D eigenvalue weighted by Gasteiger charge is 2.49. The van der Waals surface area contributed by atoms with E-state index in [1.165, 1.54) is 5.56 Å². The highest BCUT2D eigenvalue weighted by molar-refractivity contribution is 5.95. The van der Waals surface area contributed by atoms with Crippen molar-refractivity contribution in [3.05, 3.63) is 59.7 Å². The maximum atomic E-state index is 12.9. The Hall–Kier alpha value is -2.74. The molecule has 35 heavy (non-hydrogen) atoms. The molecule has 0 spiro atoms. The Balaban J connectivity index is 1.55. The van der Waals surface area contributed by atoms with E-state index in [1.54, 1.807) is 19.0 Å². The fourth-order valence-corrected chi connectivity index (χ4v) is 5.53. The fraction of sp³-hybridized carbons (Fsp3) is 0.500. The largest absolute Gasteiger partial charge is 0.395 e. The molecule has 0 aromatic heterocycles. The van der Waals surface area contributed by atoms with Crippen molar-refractivity contribution in [2.24, 2.45) is 0 Å². The molecule has 3 atom stereocenters. The molecule has 7 nitrogen and oxygen atoms in total. The van der Waals surface area contributed by atoms with Crippen LogP contribution in [-0.2, 0) is 4.79 Å². The summed E-state index contributed by atoms with van der Waals surface area (Å²) < 4.78 is 0. The molecule has 7 heteroatoms. The Bertz CT molecular complexity index is 1040. The van der Waals surface area contributed by atoms with Gasteiger partial charge < -0.3 is 19.8 Å². The lowest BCUT2D eigenvalue weighted by atomic mass is 9.74. The smallest absolute Gasteiger partial charge is 0.253 e. The first-order chi connectivity index (χ1) is 16.8. The molecule has 0 radical (unpaired) electrons. The van der Waals surface area contributed by atoms with Gasteiger partial charge in [0.2, 0.25) is 5.91 Å². The van der Waals surface area contributed by atoms with E-state index < -0.39 is 0 Å². The number of aliphatic hydroxyl groups is 1. The van der Waals surface area contributed by atoms with Gasteiger partial charge in [-0.15, -0.1) is 0 Å². The average Bonchev–Trinajstić information content (AvgIpc) is 2.82. The normalized spacial score (nSPS) is 22.7. The number of nitrogens with zero attached hydrogens (tertiary/aromatic N) is 4. The molecule has 2 amide bonds. The van der Waals surface area contributed by atoms with Gasteiger partial charge in [-0.2, -0.15) is 0 Å². The van der Waals surface area contributed by atoms with Crippen LogP contribution in [0.1, 0.15) is 34.7 Å². The van der Waals surface area contributed by atoms with Crippen LogP contribution >= 0.6 is 0 Å². The first-order valence-electron chi connectivity index (χ1n) is 12.5. The molecule has 2 saturated heterocycles. The van der Waals surface area contributed by atoms with Gasteiger partial charge in [-0.05, 0) is 62.3 Å². The lowest BCUT2D eigenvalue weighted by Gasteiger charge is -2.57. The quantitative estimate of drug-likeness (QED) is 0.691. The Kier molecular flexibility index (Phi) is 7.89. The summed E-state index contributed by atoms with van der Waals surface area (Å²) in [6.07, 6.45) is 2.03. The van der Waals surface area contributed by atoms with Crippen molar-refractivity contribution in [1.82, 2.24) is 19.6 Å². The zero-order valence-electron chi connectivity index (χ0n) is 21.4. The topological polar surface area (TPSA) is 67.3 Å². The minimum absolute atomic E-state index is 0.0125. The number of rotatable bonds is 6. The molecular weight excluding hydrogens is 440 g/mol. The van der Waals surface area contributed by atoms with E-state index in [0.29, 0.717) is 18.7 Å². The number of hydrogen-bond acceptors (Lipinski definition) is 5. The summed E-state index contributed by atoms with van der Waals surface area (Å²) in [6, 6.07) is 16.5. The van der Waals surface area contributed by atoms with E-state index >= 15 is 0 Å². The molecule has 2 aromatic rings. The lowest BCUT2D eigenvalue weighted by molar-refractivity contribution is -0.137. The van der Waals surface area contributed by atoms with Crippen LogP contribution in [0, 0.1) is 0 Å². The molecule has 188 valence electrons. The third-order valence-corrected chi connectivity index (χ3v) is 7.32. The summed E-state index contributed by atoms with van der Waals surface area (Å²) >= 11 is 0. The van der Waals surface area contributed by atoms with Crippen LogP contribution in [0.3, 0.4) is 0 Å². The Morgan fingerprint density at radius 3 is 2.34 bits per heavy atom. The van der Waals surface area contributed by atoms with Crippen molar-refractivity contribution in [3.8, 4) is 11.1 Å². The maximum absolute atomic E-state index is 12.9. The van der Waals surface area contributed by atoms with Crippen molar-refractivity contribution in [1.29, 1.82) is 0 Å². The van der Waals surface area contributed by atoms with Gasteiger partial charge in [0.1, 0.15) is 0 Å². The maximum Gasteiger partial charge on any atom is 0.253 e. The van der Waals surface area contributed by atoms with Crippen LogP contribution in [0.25, 0.3) is 11.1 Å². The number of hydrogen-bond donors (Lipinski definition) is 1. The first kappa shape index (κ1) is 25.4. The second kappa shape index (κ2) is 10.9. The van der Waals surface area contributed by atoms with Crippen molar-refractivity contribution < 1.29 is 14.7 Å². The van der Waals surface area contributed by atoms with Crippen LogP contribution in [0.15, 0.2) is 48.5 Å². The minimum atomic E-state index is -0.0125. The Labute approximate surface area is 208 Å². The summed E-state index contributed by atoms with van der Waals surface area (Å²) in [4.78, 5) is 33.1.